The predicted molar refractivity (Wildman–Crippen MR) is 112 cm³/mol. The maximum Gasteiger partial charge on any atom is 0.130 e. The monoisotopic (exact) mass is 401 g/mol. The predicted octanol–water partition coefficient (Wildman–Crippen LogP) is 6.04. The van der Waals surface area contributed by atoms with Crippen LogP contribution in [0.15, 0.2) is 36.5 Å². The van der Waals surface area contributed by atoms with E-state index in [0.29, 0.717) is 5.92 Å². The van der Waals surface area contributed by atoms with Gasteiger partial charge in [-0.1, -0.05) is 31.5 Å². The highest BCUT2D eigenvalue weighted by Gasteiger charge is 2.16. The van der Waals surface area contributed by atoms with E-state index < -0.39 is 0 Å². The Labute approximate surface area is 168 Å². The van der Waals surface area contributed by atoms with Gasteiger partial charge < -0.3 is 5.32 Å². The molecule has 0 aliphatic carbocycles. The van der Waals surface area contributed by atoms with E-state index in [-0.39, 0.29) is 24.8 Å². The average molecular weight is 403 g/mol. The van der Waals surface area contributed by atoms with E-state index in [9.17, 15) is 0 Å². The van der Waals surface area contributed by atoms with E-state index in [2.05, 4.69) is 35.1 Å². The van der Waals surface area contributed by atoms with E-state index in [1.165, 1.54) is 37.1 Å². The number of nitrogens with one attached hydrogen (secondary N) is 1. The average Bonchev–Trinajstić information content (AvgIpc) is 3.01. The molecule has 3 rings (SSSR count). The van der Waals surface area contributed by atoms with Crippen LogP contribution in [-0.4, -0.2) is 23.0 Å². The fourth-order valence-corrected chi connectivity index (χ4v) is 3.32. The van der Waals surface area contributed by atoms with Crippen LogP contribution in [0, 0.1) is 0 Å². The van der Waals surface area contributed by atoms with Crippen LogP contribution in [0.5, 0.6) is 0 Å². The number of pyridine rings is 1. The maximum absolute atomic E-state index is 6.05. The maximum atomic E-state index is 6.05. The molecule has 0 spiro atoms. The molecule has 0 saturated carbocycles. The third-order valence-corrected chi connectivity index (χ3v) is 4.57. The fourth-order valence-electron chi connectivity index (χ4n) is 3.13. The van der Waals surface area contributed by atoms with Gasteiger partial charge in [0.15, 0.2) is 0 Å². The van der Waals surface area contributed by atoms with Gasteiger partial charge in [0, 0.05) is 23.5 Å². The fraction of sp³-hybridized carbons (Fsp3) is 0.421. The second-order valence-corrected chi connectivity index (χ2v) is 6.98. The molecule has 6 heteroatoms. The van der Waals surface area contributed by atoms with E-state index in [4.69, 9.17) is 11.6 Å². The highest BCUT2D eigenvalue weighted by atomic mass is 35.5. The van der Waals surface area contributed by atoms with Crippen LogP contribution >= 0.6 is 36.4 Å². The van der Waals surface area contributed by atoms with Gasteiger partial charge in [0.1, 0.15) is 5.82 Å². The van der Waals surface area contributed by atoms with Crippen LogP contribution in [0.3, 0.4) is 0 Å². The minimum Gasteiger partial charge on any atom is -0.340 e. The Hall–Kier alpha value is -1.00. The quantitative estimate of drug-likeness (QED) is 0.660. The number of hydrogen-bond donors (Lipinski definition) is 1. The summed E-state index contributed by atoms with van der Waals surface area (Å²) >= 11 is 6.05. The van der Waals surface area contributed by atoms with Gasteiger partial charge in [-0.25, -0.2) is 4.98 Å². The van der Waals surface area contributed by atoms with Crippen molar-refractivity contribution in [1.29, 1.82) is 0 Å². The van der Waals surface area contributed by atoms with Gasteiger partial charge in [-0.2, -0.15) is 0 Å². The summed E-state index contributed by atoms with van der Waals surface area (Å²) in [5.41, 5.74) is 3.68. The zero-order chi connectivity index (χ0) is 16.2. The summed E-state index contributed by atoms with van der Waals surface area (Å²) in [6.07, 6.45) is 4.66. The second kappa shape index (κ2) is 10.2. The Kier molecular flexibility index (Phi) is 9.01. The number of rotatable bonds is 5. The van der Waals surface area contributed by atoms with E-state index >= 15 is 0 Å². The Bertz CT molecular complexity index is 671. The highest BCUT2D eigenvalue weighted by molar-refractivity contribution is 6.30. The van der Waals surface area contributed by atoms with Gasteiger partial charge in [-0.05, 0) is 67.2 Å². The highest BCUT2D eigenvalue weighted by Crippen LogP contribution is 2.26. The molecule has 0 radical (unpaired) electrons. The topological polar surface area (TPSA) is 28.2 Å². The third kappa shape index (κ3) is 6.03. The standard InChI is InChI=1S/C19H24ClN3.2ClH/c1-14(2)18-11-19(22-17-7-5-6-16(20)10-17)21-12-15(18)13-23-8-3-4-9-23;;/h5-7,10-12,14H,3-4,8-9,13H2,1-2H3,(H,21,22);2*1H. The SMILES string of the molecule is CC(C)c1cc(Nc2cccc(Cl)c2)ncc1CN1CCCC1.Cl.Cl. The summed E-state index contributed by atoms with van der Waals surface area (Å²) in [5.74, 6) is 1.36. The Morgan fingerprint density at radius 3 is 2.52 bits per heavy atom. The normalized spacial score (nSPS) is 14.1. The number of halogens is 3. The largest absolute Gasteiger partial charge is 0.340 e. The molecule has 0 atom stereocenters. The number of hydrogen-bond acceptors (Lipinski definition) is 3. The first-order valence-electron chi connectivity index (χ1n) is 8.35. The molecule has 138 valence electrons. The van der Waals surface area contributed by atoms with Gasteiger partial charge >= 0.3 is 0 Å². The van der Waals surface area contributed by atoms with E-state index in [0.717, 1.165) is 23.1 Å². The summed E-state index contributed by atoms with van der Waals surface area (Å²) in [6, 6.07) is 9.91. The van der Waals surface area contributed by atoms with Crippen molar-refractivity contribution in [3.05, 3.63) is 52.7 Å². The van der Waals surface area contributed by atoms with Crippen molar-refractivity contribution in [2.75, 3.05) is 18.4 Å². The summed E-state index contributed by atoms with van der Waals surface area (Å²) in [4.78, 5) is 7.13. The number of anilines is 2. The molecule has 1 saturated heterocycles. The van der Waals surface area contributed by atoms with Crippen molar-refractivity contribution in [3.8, 4) is 0 Å². The molecule has 2 heterocycles. The minimum atomic E-state index is 0. The smallest absolute Gasteiger partial charge is 0.130 e. The molecule has 1 aromatic carbocycles. The Morgan fingerprint density at radius 2 is 1.88 bits per heavy atom. The first kappa shape index (κ1) is 22.0. The van der Waals surface area contributed by atoms with Crippen molar-refractivity contribution >= 4 is 47.9 Å². The molecule has 25 heavy (non-hydrogen) atoms. The molecule has 1 aliphatic rings. The van der Waals surface area contributed by atoms with Crippen LogP contribution in [0.25, 0.3) is 0 Å². The van der Waals surface area contributed by atoms with Crippen LogP contribution in [-0.2, 0) is 6.54 Å². The van der Waals surface area contributed by atoms with Crippen molar-refractivity contribution < 1.29 is 0 Å². The molecule has 1 aromatic heterocycles. The van der Waals surface area contributed by atoms with Crippen LogP contribution < -0.4 is 5.32 Å². The van der Waals surface area contributed by atoms with Crippen LogP contribution in [0.2, 0.25) is 5.02 Å². The molecule has 0 bridgehead atoms. The Balaban J connectivity index is 0.00000156. The molecule has 3 nitrogen and oxygen atoms in total. The molecular formula is C19H26Cl3N3. The molecule has 0 unspecified atom stereocenters. The number of aromatic nitrogens is 1. The van der Waals surface area contributed by atoms with E-state index in [1.807, 2.05) is 30.5 Å². The minimum absolute atomic E-state index is 0. The van der Waals surface area contributed by atoms with Gasteiger partial charge in [-0.3, -0.25) is 4.90 Å². The summed E-state index contributed by atoms with van der Waals surface area (Å²) in [7, 11) is 0. The lowest BCUT2D eigenvalue weighted by Gasteiger charge is -2.20. The molecule has 2 aromatic rings. The van der Waals surface area contributed by atoms with Crippen LogP contribution in [0.1, 0.15) is 43.7 Å². The van der Waals surface area contributed by atoms with E-state index in [1.54, 1.807) is 0 Å². The van der Waals surface area contributed by atoms with Gasteiger partial charge in [-0.15, -0.1) is 24.8 Å². The summed E-state index contributed by atoms with van der Waals surface area (Å²) in [5, 5.41) is 4.08. The molecule has 0 amide bonds. The van der Waals surface area contributed by atoms with Crippen molar-refractivity contribution in [3.63, 3.8) is 0 Å². The molecule has 1 N–H and O–H groups in total. The molecule has 1 fully saturated rings. The van der Waals surface area contributed by atoms with Gasteiger partial charge in [0.05, 0.1) is 0 Å². The summed E-state index contributed by atoms with van der Waals surface area (Å²) < 4.78 is 0. The lowest BCUT2D eigenvalue weighted by Crippen LogP contribution is -2.19. The lowest BCUT2D eigenvalue weighted by molar-refractivity contribution is 0.329. The van der Waals surface area contributed by atoms with Crippen molar-refractivity contribution in [1.82, 2.24) is 9.88 Å². The number of likely N-dealkylation sites (tertiary alicyclic amines) is 1. The number of nitrogens with zero attached hydrogens (tertiary/aromatic N) is 2. The third-order valence-electron chi connectivity index (χ3n) is 4.33. The Morgan fingerprint density at radius 1 is 1.16 bits per heavy atom. The van der Waals surface area contributed by atoms with Crippen molar-refractivity contribution in [2.24, 2.45) is 0 Å². The summed E-state index contributed by atoms with van der Waals surface area (Å²) in [6.45, 7) is 7.91. The van der Waals surface area contributed by atoms with Crippen LogP contribution in [0.4, 0.5) is 11.5 Å². The van der Waals surface area contributed by atoms with Crippen molar-refractivity contribution in [2.45, 2.75) is 39.2 Å². The number of benzene rings is 1. The lowest BCUT2D eigenvalue weighted by atomic mass is 9.98. The molecular weight excluding hydrogens is 377 g/mol. The second-order valence-electron chi connectivity index (χ2n) is 6.54. The zero-order valence-corrected chi connectivity index (χ0v) is 17.1. The first-order valence-corrected chi connectivity index (χ1v) is 8.73. The van der Waals surface area contributed by atoms with Gasteiger partial charge in [0.25, 0.3) is 0 Å². The zero-order valence-electron chi connectivity index (χ0n) is 14.7. The van der Waals surface area contributed by atoms with Gasteiger partial charge in [0.2, 0.25) is 0 Å². The molecule has 1 aliphatic heterocycles. The first-order chi connectivity index (χ1) is 11.1.